The Labute approximate surface area is 188 Å². The van der Waals surface area contributed by atoms with Crippen LogP contribution in [0.15, 0.2) is 77.7 Å². The smallest absolute Gasteiger partial charge is 0.258 e. The summed E-state index contributed by atoms with van der Waals surface area (Å²) >= 11 is 6.01. The number of benzene rings is 2. The van der Waals surface area contributed by atoms with E-state index in [2.05, 4.69) is 15.1 Å². The van der Waals surface area contributed by atoms with Crippen molar-refractivity contribution in [2.45, 2.75) is 6.54 Å². The molecule has 158 valence electrons. The Kier molecular flexibility index (Phi) is 5.17. The van der Waals surface area contributed by atoms with E-state index in [4.69, 9.17) is 20.9 Å². The molecule has 0 amide bonds. The van der Waals surface area contributed by atoms with Gasteiger partial charge in [-0.3, -0.25) is 9.78 Å². The van der Waals surface area contributed by atoms with Crippen LogP contribution in [-0.4, -0.2) is 32.6 Å². The van der Waals surface area contributed by atoms with Crippen molar-refractivity contribution in [3.8, 4) is 17.2 Å². The molecule has 0 atom stereocenters. The van der Waals surface area contributed by atoms with E-state index in [-0.39, 0.29) is 17.5 Å². The lowest BCUT2D eigenvalue weighted by Crippen LogP contribution is -2.03. The Morgan fingerprint density at radius 3 is 2.62 bits per heavy atom. The van der Waals surface area contributed by atoms with E-state index in [1.165, 1.54) is 0 Å². The topological polar surface area (TPSA) is 83.0 Å². The maximum absolute atomic E-state index is 13.3. The van der Waals surface area contributed by atoms with Crippen LogP contribution in [0.1, 0.15) is 21.7 Å². The summed E-state index contributed by atoms with van der Waals surface area (Å²) in [6.45, 7) is 0.571. The van der Waals surface area contributed by atoms with Crippen molar-refractivity contribution >= 4 is 28.3 Å². The van der Waals surface area contributed by atoms with Crippen molar-refractivity contribution < 1.29 is 14.1 Å². The average molecular weight is 445 g/mol. The zero-order chi connectivity index (χ0) is 22.1. The highest BCUT2D eigenvalue weighted by Crippen LogP contribution is 2.29. The minimum absolute atomic E-state index is 0.00910. The lowest BCUT2D eigenvalue weighted by atomic mass is 10.1. The maximum Gasteiger partial charge on any atom is 0.258 e. The van der Waals surface area contributed by atoms with Crippen LogP contribution in [0.5, 0.6) is 5.75 Å². The number of aromatic nitrogens is 4. The summed E-state index contributed by atoms with van der Waals surface area (Å²) in [6.07, 6.45) is 5.05. The molecular weight excluding hydrogens is 428 g/mol. The van der Waals surface area contributed by atoms with Gasteiger partial charge in [-0.05, 0) is 48.0 Å². The van der Waals surface area contributed by atoms with Crippen LogP contribution >= 0.6 is 11.6 Å². The first-order valence-corrected chi connectivity index (χ1v) is 10.2. The van der Waals surface area contributed by atoms with E-state index in [1.54, 1.807) is 31.6 Å². The summed E-state index contributed by atoms with van der Waals surface area (Å²) in [5, 5.41) is 5.33. The van der Waals surface area contributed by atoms with Gasteiger partial charge in [0.1, 0.15) is 5.75 Å². The fraction of sp³-hybridized carbons (Fsp3) is 0.0833. The number of hydrogen-bond donors (Lipinski definition) is 0. The third kappa shape index (κ3) is 3.74. The summed E-state index contributed by atoms with van der Waals surface area (Å²) < 4.78 is 12.7. The van der Waals surface area contributed by atoms with Crippen molar-refractivity contribution in [2.24, 2.45) is 0 Å². The fourth-order valence-electron chi connectivity index (χ4n) is 3.55. The number of fused-ring (bicyclic) bond motifs is 1. The van der Waals surface area contributed by atoms with E-state index in [0.29, 0.717) is 28.4 Å². The fourth-order valence-corrected chi connectivity index (χ4v) is 3.68. The van der Waals surface area contributed by atoms with E-state index in [1.807, 2.05) is 53.2 Å². The van der Waals surface area contributed by atoms with Gasteiger partial charge in [-0.1, -0.05) is 28.9 Å². The molecule has 0 saturated heterocycles. The molecular formula is C24H17ClN4O3. The van der Waals surface area contributed by atoms with Gasteiger partial charge in [0, 0.05) is 46.6 Å². The Balaban J connectivity index is 1.56. The van der Waals surface area contributed by atoms with Gasteiger partial charge in [-0.2, -0.15) is 4.98 Å². The average Bonchev–Trinajstić information content (AvgIpc) is 3.46. The number of hydrogen-bond acceptors (Lipinski definition) is 6. The van der Waals surface area contributed by atoms with Gasteiger partial charge in [-0.25, -0.2) is 0 Å². The Hall–Kier alpha value is -3.97. The van der Waals surface area contributed by atoms with Gasteiger partial charge >= 0.3 is 0 Å². The normalized spacial score (nSPS) is 11.1. The molecule has 3 aromatic heterocycles. The number of halogens is 1. The number of rotatable bonds is 6. The van der Waals surface area contributed by atoms with Crippen LogP contribution in [0.4, 0.5) is 0 Å². The largest absolute Gasteiger partial charge is 0.497 e. The number of ketones is 1. The van der Waals surface area contributed by atoms with Gasteiger partial charge in [0.15, 0.2) is 0 Å². The van der Waals surface area contributed by atoms with Crippen LogP contribution in [-0.2, 0) is 6.54 Å². The molecule has 5 aromatic rings. The first kappa shape index (κ1) is 20.0. The zero-order valence-corrected chi connectivity index (χ0v) is 17.8. The van der Waals surface area contributed by atoms with Gasteiger partial charge in [0.2, 0.25) is 11.6 Å². The molecule has 0 aliphatic carbocycles. The molecule has 0 radical (unpaired) electrons. The van der Waals surface area contributed by atoms with Crippen molar-refractivity contribution in [1.82, 2.24) is 19.7 Å². The number of carbonyl (C=O) groups excluding carboxylic acids is 1. The van der Waals surface area contributed by atoms with E-state index < -0.39 is 0 Å². The standard InChI is InChI=1S/C24H17ClN4O3/c1-31-18-6-7-21-19(12-18)20(14-29(21)13-15-2-4-17(25)5-3-15)22(30)23-27-24(32-28-23)16-8-10-26-11-9-16/h2-12,14H,13H2,1H3. The Bertz CT molecular complexity index is 1410. The Morgan fingerprint density at radius 1 is 1.09 bits per heavy atom. The summed E-state index contributed by atoms with van der Waals surface area (Å²) in [6, 6.07) is 16.7. The van der Waals surface area contributed by atoms with Gasteiger partial charge < -0.3 is 13.8 Å². The minimum atomic E-state index is -0.331. The molecule has 0 fully saturated rings. The summed E-state index contributed by atoms with van der Waals surface area (Å²) in [4.78, 5) is 21.6. The highest BCUT2D eigenvalue weighted by molar-refractivity contribution is 6.30. The predicted molar refractivity (Wildman–Crippen MR) is 120 cm³/mol. The molecule has 5 rings (SSSR count). The van der Waals surface area contributed by atoms with Crippen LogP contribution in [0.2, 0.25) is 5.02 Å². The number of nitrogens with zero attached hydrogens (tertiary/aromatic N) is 4. The van der Waals surface area contributed by atoms with Gasteiger partial charge in [-0.15, -0.1) is 0 Å². The van der Waals surface area contributed by atoms with Crippen molar-refractivity contribution in [2.75, 3.05) is 7.11 Å². The molecule has 8 heteroatoms. The second-order valence-electron chi connectivity index (χ2n) is 7.17. The molecule has 0 aliphatic heterocycles. The van der Waals surface area contributed by atoms with Crippen LogP contribution in [0, 0.1) is 0 Å². The molecule has 2 aromatic carbocycles. The maximum atomic E-state index is 13.3. The highest BCUT2D eigenvalue weighted by Gasteiger charge is 2.22. The molecule has 0 N–H and O–H groups in total. The number of pyridine rings is 1. The molecule has 0 aliphatic rings. The first-order chi connectivity index (χ1) is 15.6. The minimum Gasteiger partial charge on any atom is -0.497 e. The van der Waals surface area contributed by atoms with E-state index in [0.717, 1.165) is 16.5 Å². The quantitative estimate of drug-likeness (QED) is 0.342. The van der Waals surface area contributed by atoms with E-state index >= 15 is 0 Å². The monoisotopic (exact) mass is 444 g/mol. The van der Waals surface area contributed by atoms with E-state index in [9.17, 15) is 4.79 Å². The molecule has 0 saturated carbocycles. The SMILES string of the molecule is COc1ccc2c(c1)c(C(=O)c1noc(-c3ccncc3)n1)cn2Cc1ccc(Cl)cc1. The first-order valence-electron chi connectivity index (χ1n) is 9.82. The van der Waals surface area contributed by atoms with Gasteiger partial charge in [0.25, 0.3) is 5.89 Å². The molecule has 0 spiro atoms. The van der Waals surface area contributed by atoms with Crippen LogP contribution in [0.3, 0.4) is 0 Å². The van der Waals surface area contributed by atoms with Crippen molar-refractivity contribution in [3.63, 3.8) is 0 Å². The number of methoxy groups -OCH3 is 1. The Morgan fingerprint density at radius 2 is 1.88 bits per heavy atom. The second kappa shape index (κ2) is 8.28. The third-order valence-electron chi connectivity index (χ3n) is 5.16. The second-order valence-corrected chi connectivity index (χ2v) is 7.60. The summed E-state index contributed by atoms with van der Waals surface area (Å²) in [5.74, 6) is 0.576. The lowest BCUT2D eigenvalue weighted by molar-refractivity contribution is 0.102. The summed E-state index contributed by atoms with van der Waals surface area (Å²) in [7, 11) is 1.59. The number of carbonyl (C=O) groups is 1. The molecule has 3 heterocycles. The molecule has 32 heavy (non-hydrogen) atoms. The van der Waals surface area contributed by atoms with Crippen LogP contribution in [0.25, 0.3) is 22.4 Å². The van der Waals surface area contributed by atoms with Gasteiger partial charge in [0.05, 0.1) is 12.7 Å². The number of ether oxygens (including phenoxy) is 1. The highest BCUT2D eigenvalue weighted by atomic mass is 35.5. The molecule has 7 nitrogen and oxygen atoms in total. The lowest BCUT2D eigenvalue weighted by Gasteiger charge is -2.06. The molecule has 0 unspecified atom stereocenters. The van der Waals surface area contributed by atoms with Crippen molar-refractivity contribution in [3.05, 3.63) is 95.2 Å². The summed E-state index contributed by atoms with van der Waals surface area (Å²) in [5.41, 5.74) is 3.11. The zero-order valence-electron chi connectivity index (χ0n) is 17.0. The predicted octanol–water partition coefficient (Wildman–Crippen LogP) is 5.03. The van der Waals surface area contributed by atoms with Crippen molar-refractivity contribution in [1.29, 1.82) is 0 Å². The molecule has 0 bridgehead atoms. The van der Waals surface area contributed by atoms with Crippen LogP contribution < -0.4 is 4.74 Å². The third-order valence-corrected chi connectivity index (χ3v) is 5.41.